The fourth-order valence-electron chi connectivity index (χ4n) is 2.36. The van der Waals surface area contributed by atoms with Crippen molar-refractivity contribution in [3.63, 3.8) is 0 Å². The molecule has 0 spiro atoms. The van der Waals surface area contributed by atoms with Crippen LogP contribution in [0.4, 0.5) is 5.69 Å². The third-order valence-corrected chi connectivity index (χ3v) is 4.95. The average Bonchev–Trinajstić information content (AvgIpc) is 2.60. The number of sulfone groups is 1. The number of carbonyl (C=O) groups excluding carboxylic acids is 1. The Labute approximate surface area is 157 Å². The maximum atomic E-state index is 12.0. The standard InChI is InChI=1S/C19H21NO6S/c1-13-5-6-14(12-17(13)19(22)23)20-18(21)4-3-11-26-15-7-9-16(10-8-15)27(2,24)25/h5-10,12H,3-4,11H2,1-2H3,(H,20,21)(H,22,23). The fraction of sp³-hybridized carbons (Fsp3) is 0.263. The number of benzene rings is 2. The predicted molar refractivity (Wildman–Crippen MR) is 101 cm³/mol. The average molecular weight is 391 g/mol. The lowest BCUT2D eigenvalue weighted by Gasteiger charge is -2.09. The summed E-state index contributed by atoms with van der Waals surface area (Å²) in [7, 11) is -3.24. The first kappa shape index (κ1) is 20.4. The molecule has 0 heterocycles. The van der Waals surface area contributed by atoms with Crippen molar-refractivity contribution in [1.29, 1.82) is 0 Å². The van der Waals surface area contributed by atoms with Crippen LogP contribution < -0.4 is 10.1 Å². The Kier molecular flexibility index (Phi) is 6.57. The fourth-order valence-corrected chi connectivity index (χ4v) is 2.99. The molecule has 0 aliphatic rings. The normalized spacial score (nSPS) is 11.0. The summed E-state index contributed by atoms with van der Waals surface area (Å²) in [6, 6.07) is 10.8. The van der Waals surface area contributed by atoms with Crippen LogP contribution >= 0.6 is 0 Å². The number of carboxylic acid groups (broad SMARTS) is 1. The Morgan fingerprint density at radius 2 is 1.78 bits per heavy atom. The van der Waals surface area contributed by atoms with E-state index in [1.54, 1.807) is 31.2 Å². The molecule has 0 aliphatic carbocycles. The van der Waals surface area contributed by atoms with Crippen LogP contribution in [0.15, 0.2) is 47.4 Å². The smallest absolute Gasteiger partial charge is 0.336 e. The van der Waals surface area contributed by atoms with Crippen molar-refractivity contribution in [2.75, 3.05) is 18.2 Å². The first-order valence-electron chi connectivity index (χ1n) is 8.23. The lowest BCUT2D eigenvalue weighted by Crippen LogP contribution is -2.13. The highest BCUT2D eigenvalue weighted by atomic mass is 32.2. The van der Waals surface area contributed by atoms with E-state index in [0.29, 0.717) is 30.0 Å². The summed E-state index contributed by atoms with van der Waals surface area (Å²) >= 11 is 0. The van der Waals surface area contributed by atoms with Crippen LogP contribution in [0.5, 0.6) is 5.75 Å². The van der Waals surface area contributed by atoms with Crippen LogP contribution in [0.3, 0.4) is 0 Å². The van der Waals surface area contributed by atoms with Crippen molar-refractivity contribution in [1.82, 2.24) is 0 Å². The van der Waals surface area contributed by atoms with Crippen molar-refractivity contribution in [2.24, 2.45) is 0 Å². The number of carboxylic acids is 1. The first-order chi connectivity index (χ1) is 12.7. The van der Waals surface area contributed by atoms with Crippen LogP contribution in [0, 0.1) is 6.92 Å². The predicted octanol–water partition coefficient (Wildman–Crippen LogP) is 2.89. The van der Waals surface area contributed by atoms with Gasteiger partial charge < -0.3 is 15.2 Å². The molecular formula is C19H21NO6S. The van der Waals surface area contributed by atoms with Gasteiger partial charge in [-0.15, -0.1) is 0 Å². The van der Waals surface area contributed by atoms with E-state index < -0.39 is 15.8 Å². The Balaban J connectivity index is 1.80. The van der Waals surface area contributed by atoms with Gasteiger partial charge in [-0.05, 0) is 55.3 Å². The van der Waals surface area contributed by atoms with Crippen LogP contribution in [-0.2, 0) is 14.6 Å². The summed E-state index contributed by atoms with van der Waals surface area (Å²) in [6.07, 6.45) is 1.80. The highest BCUT2D eigenvalue weighted by Crippen LogP contribution is 2.17. The molecule has 2 rings (SSSR count). The number of carbonyl (C=O) groups is 2. The zero-order valence-corrected chi connectivity index (χ0v) is 15.9. The van der Waals surface area contributed by atoms with Gasteiger partial charge in [0.2, 0.25) is 5.91 Å². The molecule has 0 radical (unpaired) electrons. The largest absolute Gasteiger partial charge is 0.494 e. The highest BCUT2D eigenvalue weighted by Gasteiger charge is 2.10. The molecule has 0 fully saturated rings. The van der Waals surface area contributed by atoms with Crippen LogP contribution in [0.1, 0.15) is 28.8 Å². The number of aryl methyl sites for hydroxylation is 1. The number of anilines is 1. The Morgan fingerprint density at radius 3 is 2.37 bits per heavy atom. The minimum atomic E-state index is -3.24. The number of nitrogens with one attached hydrogen (secondary N) is 1. The summed E-state index contributed by atoms with van der Waals surface area (Å²) in [6.45, 7) is 1.98. The minimum absolute atomic E-state index is 0.147. The van der Waals surface area contributed by atoms with Crippen LogP contribution in [0.2, 0.25) is 0 Å². The molecule has 0 saturated carbocycles. The van der Waals surface area contributed by atoms with Crippen molar-refractivity contribution in [3.05, 3.63) is 53.6 Å². The quantitative estimate of drug-likeness (QED) is 0.670. The zero-order valence-electron chi connectivity index (χ0n) is 15.1. The van der Waals surface area contributed by atoms with E-state index in [-0.39, 0.29) is 22.8 Å². The molecule has 0 atom stereocenters. The molecule has 0 saturated heterocycles. The molecule has 0 aliphatic heterocycles. The van der Waals surface area contributed by atoms with Crippen molar-refractivity contribution >= 4 is 27.4 Å². The third-order valence-electron chi connectivity index (χ3n) is 3.82. The van der Waals surface area contributed by atoms with E-state index in [1.165, 1.54) is 18.2 Å². The molecular weight excluding hydrogens is 370 g/mol. The summed E-state index contributed by atoms with van der Waals surface area (Å²) in [5.41, 5.74) is 1.20. The molecule has 2 aromatic rings. The lowest BCUT2D eigenvalue weighted by atomic mass is 10.1. The van der Waals surface area contributed by atoms with Gasteiger partial charge in [0, 0.05) is 18.4 Å². The van der Waals surface area contributed by atoms with Gasteiger partial charge in [0.1, 0.15) is 5.75 Å². The van der Waals surface area contributed by atoms with E-state index in [2.05, 4.69) is 5.32 Å². The molecule has 27 heavy (non-hydrogen) atoms. The van der Waals surface area contributed by atoms with Gasteiger partial charge in [0.15, 0.2) is 9.84 Å². The molecule has 7 nitrogen and oxygen atoms in total. The maximum Gasteiger partial charge on any atom is 0.336 e. The third kappa shape index (κ3) is 6.10. The molecule has 144 valence electrons. The number of amides is 1. The second-order valence-electron chi connectivity index (χ2n) is 6.08. The number of ether oxygens (including phenoxy) is 1. The molecule has 2 N–H and O–H groups in total. The summed E-state index contributed by atoms with van der Waals surface area (Å²) < 4.78 is 28.3. The number of hydrogen-bond acceptors (Lipinski definition) is 5. The SMILES string of the molecule is Cc1ccc(NC(=O)CCCOc2ccc(S(C)(=O)=O)cc2)cc1C(=O)O. The maximum absolute atomic E-state index is 12.0. The molecule has 0 unspecified atom stereocenters. The van der Waals surface area contributed by atoms with Crippen molar-refractivity contribution in [3.8, 4) is 5.75 Å². The van der Waals surface area contributed by atoms with Gasteiger partial charge in [0.25, 0.3) is 0 Å². The van der Waals surface area contributed by atoms with E-state index >= 15 is 0 Å². The van der Waals surface area contributed by atoms with Gasteiger partial charge >= 0.3 is 5.97 Å². The Hall–Kier alpha value is -2.87. The topological polar surface area (TPSA) is 110 Å². The summed E-state index contributed by atoms with van der Waals surface area (Å²) in [4.78, 5) is 23.3. The van der Waals surface area contributed by atoms with Crippen LogP contribution in [-0.4, -0.2) is 38.3 Å². The van der Waals surface area contributed by atoms with Gasteiger partial charge in [0.05, 0.1) is 17.1 Å². The van der Waals surface area contributed by atoms with E-state index in [1.807, 2.05) is 0 Å². The minimum Gasteiger partial charge on any atom is -0.494 e. The zero-order chi connectivity index (χ0) is 20.0. The molecule has 0 bridgehead atoms. The van der Waals surface area contributed by atoms with Gasteiger partial charge in [-0.2, -0.15) is 0 Å². The number of hydrogen-bond donors (Lipinski definition) is 2. The number of rotatable bonds is 8. The van der Waals surface area contributed by atoms with E-state index in [9.17, 15) is 18.0 Å². The lowest BCUT2D eigenvalue weighted by molar-refractivity contribution is -0.116. The summed E-state index contributed by atoms with van der Waals surface area (Å²) in [5, 5.41) is 11.8. The second-order valence-corrected chi connectivity index (χ2v) is 8.09. The van der Waals surface area contributed by atoms with Crippen molar-refractivity contribution < 1.29 is 27.9 Å². The van der Waals surface area contributed by atoms with E-state index in [4.69, 9.17) is 9.84 Å². The second kappa shape index (κ2) is 8.68. The molecule has 8 heteroatoms. The van der Waals surface area contributed by atoms with Gasteiger partial charge in [-0.3, -0.25) is 4.79 Å². The highest BCUT2D eigenvalue weighted by molar-refractivity contribution is 7.90. The number of aromatic carboxylic acids is 1. The van der Waals surface area contributed by atoms with Gasteiger partial charge in [-0.1, -0.05) is 6.07 Å². The Morgan fingerprint density at radius 1 is 1.11 bits per heavy atom. The monoisotopic (exact) mass is 391 g/mol. The summed E-state index contributed by atoms with van der Waals surface area (Å²) in [5.74, 6) is -0.766. The Bertz CT molecular complexity index is 935. The van der Waals surface area contributed by atoms with Gasteiger partial charge in [-0.25, -0.2) is 13.2 Å². The molecule has 2 aromatic carbocycles. The van der Waals surface area contributed by atoms with Crippen molar-refractivity contribution in [2.45, 2.75) is 24.7 Å². The van der Waals surface area contributed by atoms with E-state index in [0.717, 1.165) is 6.26 Å². The molecule has 1 amide bonds. The van der Waals surface area contributed by atoms with Crippen LogP contribution in [0.25, 0.3) is 0 Å². The molecule has 0 aromatic heterocycles. The first-order valence-corrected chi connectivity index (χ1v) is 10.1.